The third-order valence-corrected chi connectivity index (χ3v) is 1.25. The maximum atomic E-state index is 3.64. The second-order valence-corrected chi connectivity index (χ2v) is 2.83. The van der Waals surface area contributed by atoms with Crippen LogP contribution in [-0.4, -0.2) is 0 Å². The normalized spacial score (nSPS) is 7.93. The Bertz CT molecular complexity index is 36.0. The first-order chi connectivity index (χ1) is 6.74. The van der Waals surface area contributed by atoms with E-state index in [2.05, 4.69) is 41.5 Å². The van der Waals surface area contributed by atoms with E-state index in [1.54, 1.807) is 0 Å². The Morgan fingerprint density at radius 2 is 0.857 bits per heavy atom. The number of hydrogen-bond acceptors (Lipinski definition) is 0. The molecule has 0 saturated heterocycles. The molecule has 0 amide bonds. The van der Waals surface area contributed by atoms with Crippen molar-refractivity contribution in [1.82, 2.24) is 0 Å². The molecule has 0 aromatic heterocycles. The van der Waals surface area contributed by atoms with Crippen LogP contribution in [0.2, 0.25) is 0 Å². The predicted molar refractivity (Wildman–Crippen MR) is 69.1 cm³/mol. The minimum Gasteiger partial charge on any atom is -0.343 e. The Morgan fingerprint density at radius 1 is 0.571 bits per heavy atom. The molecule has 0 saturated carbocycles. The van der Waals surface area contributed by atoms with Crippen LogP contribution in [0, 0.1) is 41.5 Å². The van der Waals surface area contributed by atoms with Crippen LogP contribution in [0.25, 0.3) is 0 Å². The smallest absolute Gasteiger partial charge is 0.0826 e. The molecule has 0 atom stereocenters. The maximum absolute atomic E-state index is 3.64. The van der Waals surface area contributed by atoms with Gasteiger partial charge in [-0.2, -0.15) is 12.8 Å². The quantitative estimate of drug-likeness (QED) is 0.538. The summed E-state index contributed by atoms with van der Waals surface area (Å²) in [5.41, 5.74) is 0. The van der Waals surface area contributed by atoms with E-state index in [1.807, 2.05) is 0 Å². The highest BCUT2D eigenvalue weighted by Gasteiger charge is 1.70. The Kier molecular flexibility index (Phi) is 40.3. The van der Waals surface area contributed by atoms with E-state index in [-0.39, 0.29) is 0 Å². The highest BCUT2D eigenvalue weighted by molar-refractivity contribution is 4.42. The van der Waals surface area contributed by atoms with Gasteiger partial charge in [0.2, 0.25) is 0 Å². The third-order valence-electron chi connectivity index (χ3n) is 1.25. The maximum Gasteiger partial charge on any atom is 0.0826 e. The molecule has 0 rings (SSSR count). The summed E-state index contributed by atoms with van der Waals surface area (Å²) in [6.45, 7) is 21.6. The van der Waals surface area contributed by atoms with Gasteiger partial charge in [-0.05, 0) is 12.8 Å². The standard InChI is InChI=1S/2C5H10.C4H8/c2*1-3-5-4-2;1-3-4-2/h2*1-5H2;1-4H2. The number of unbranched alkanes of at least 4 members (excludes halogenated alkanes) is 5. The van der Waals surface area contributed by atoms with E-state index < -0.39 is 0 Å². The van der Waals surface area contributed by atoms with Crippen molar-refractivity contribution >= 4 is 0 Å². The summed E-state index contributed by atoms with van der Waals surface area (Å²) < 4.78 is 0. The molecule has 0 unspecified atom stereocenters. The molecule has 0 fully saturated rings. The molecule has 0 N–H and O–H groups in total. The number of hydrogen-bond donors (Lipinski definition) is 0. The van der Waals surface area contributed by atoms with Crippen molar-refractivity contribution in [2.75, 3.05) is 0 Å². The minimum atomic E-state index is 0.958. The molecule has 0 heteroatoms. The lowest BCUT2D eigenvalue weighted by Gasteiger charge is -1.81. The predicted octanol–water partition coefficient (Wildman–Crippen LogP) is 5.08. The summed E-state index contributed by atoms with van der Waals surface area (Å²) in [4.78, 5) is 0. The van der Waals surface area contributed by atoms with Crippen molar-refractivity contribution in [2.24, 2.45) is 0 Å². The van der Waals surface area contributed by atoms with Crippen LogP contribution in [0.3, 0.4) is 0 Å². The van der Waals surface area contributed by atoms with Crippen molar-refractivity contribution in [1.29, 1.82) is 0 Å². The van der Waals surface area contributed by atoms with Gasteiger partial charge in [0, 0.05) is 0 Å². The zero-order chi connectivity index (χ0) is 11.7. The highest BCUT2D eigenvalue weighted by Crippen LogP contribution is 1.87. The van der Waals surface area contributed by atoms with Crippen LogP contribution >= 0.6 is 0 Å². The summed E-state index contributed by atoms with van der Waals surface area (Å²) in [7, 11) is 0. The van der Waals surface area contributed by atoms with Crippen LogP contribution in [0.15, 0.2) is 0 Å². The molecule has 0 aliphatic rings. The molecule has 0 radical (unpaired) electrons. The lowest BCUT2D eigenvalue weighted by Crippen LogP contribution is -1.60. The van der Waals surface area contributed by atoms with E-state index in [0.717, 1.165) is 38.5 Å². The lowest BCUT2D eigenvalue weighted by molar-refractivity contribution is 0.864. The molecule has 0 aliphatic carbocycles. The van der Waals surface area contributed by atoms with Crippen LogP contribution in [-0.2, 0) is 0 Å². The van der Waals surface area contributed by atoms with Crippen molar-refractivity contribution < 1.29 is 0 Å². The summed E-state index contributed by atoms with van der Waals surface area (Å²) in [5.74, 6) is 0. The van der Waals surface area contributed by atoms with Crippen molar-refractivity contribution in [3.05, 3.63) is 41.5 Å². The van der Waals surface area contributed by atoms with Gasteiger partial charge in [0.1, 0.15) is 0 Å². The largest absolute Gasteiger partial charge is 0.343 e. The van der Waals surface area contributed by atoms with Crippen LogP contribution < -0.4 is 0 Å². The fourth-order valence-corrected chi connectivity index (χ4v) is 0.354. The van der Waals surface area contributed by atoms with Gasteiger partial charge in [0.05, 0.1) is 40.0 Å². The summed E-state index contributed by atoms with van der Waals surface area (Å²) in [6.07, 6.45) is 8.38. The SMILES string of the molecule is [CH2+]CCC[CH2-].[CH2+]CCC[CH2-].[CH2+]CC[CH2-]. The molecule has 0 nitrogen and oxygen atoms in total. The monoisotopic (exact) mass is 196 g/mol. The van der Waals surface area contributed by atoms with Crippen molar-refractivity contribution in [2.45, 2.75) is 51.4 Å². The summed E-state index contributed by atoms with van der Waals surface area (Å²) in [6, 6.07) is 0. The fraction of sp³-hybridized carbons (Fsp3) is 0.571. The number of rotatable bonds is 5. The van der Waals surface area contributed by atoms with Gasteiger partial charge in [-0.3, -0.25) is 0 Å². The zero-order valence-electron chi connectivity index (χ0n) is 9.90. The Balaban J connectivity index is -0.000000131. The first-order valence-corrected chi connectivity index (χ1v) is 5.50. The van der Waals surface area contributed by atoms with Gasteiger partial charge >= 0.3 is 0 Å². The molecule has 14 heavy (non-hydrogen) atoms. The van der Waals surface area contributed by atoms with E-state index in [9.17, 15) is 0 Å². The second-order valence-electron chi connectivity index (χ2n) is 2.83. The van der Waals surface area contributed by atoms with Crippen LogP contribution in [0.5, 0.6) is 0 Å². The van der Waals surface area contributed by atoms with Crippen molar-refractivity contribution in [3.8, 4) is 0 Å². The molecular weight excluding hydrogens is 168 g/mol. The first-order valence-electron chi connectivity index (χ1n) is 5.50. The van der Waals surface area contributed by atoms with E-state index in [0.29, 0.717) is 0 Å². The van der Waals surface area contributed by atoms with Gasteiger partial charge in [0.25, 0.3) is 0 Å². The molecular formula is C14H28. The highest BCUT2D eigenvalue weighted by atomic mass is 13.7. The fourth-order valence-electron chi connectivity index (χ4n) is 0.354. The third kappa shape index (κ3) is 61.5. The van der Waals surface area contributed by atoms with E-state index >= 15 is 0 Å². The Hall–Kier alpha value is -0.390. The van der Waals surface area contributed by atoms with Gasteiger partial charge in [0.15, 0.2) is 0 Å². The molecule has 0 aliphatic heterocycles. The average Bonchev–Trinajstić information content (AvgIpc) is 2.22. The Labute approximate surface area is 93.5 Å². The molecule has 0 aromatic carbocycles. The van der Waals surface area contributed by atoms with Crippen LogP contribution in [0.1, 0.15) is 51.4 Å². The second kappa shape index (κ2) is 29.4. The topological polar surface area (TPSA) is 0 Å². The average molecular weight is 196 g/mol. The van der Waals surface area contributed by atoms with Gasteiger partial charge < -0.3 is 20.8 Å². The molecule has 0 bridgehead atoms. The first kappa shape index (κ1) is 19.2. The molecule has 84 valence electrons. The van der Waals surface area contributed by atoms with Gasteiger partial charge in [-0.15, -0.1) is 6.42 Å². The molecule has 0 heterocycles. The van der Waals surface area contributed by atoms with Crippen LogP contribution in [0.4, 0.5) is 0 Å². The van der Waals surface area contributed by atoms with Gasteiger partial charge in [-0.25, -0.2) is 0 Å². The summed E-state index contributed by atoms with van der Waals surface area (Å²) in [5, 5.41) is 0. The minimum absolute atomic E-state index is 0.958. The lowest BCUT2D eigenvalue weighted by atomic mass is 10.3. The zero-order valence-corrected chi connectivity index (χ0v) is 9.90. The molecule has 0 spiro atoms. The Morgan fingerprint density at radius 3 is 0.857 bits per heavy atom. The van der Waals surface area contributed by atoms with E-state index in [4.69, 9.17) is 0 Å². The van der Waals surface area contributed by atoms with Crippen molar-refractivity contribution in [3.63, 3.8) is 0 Å². The van der Waals surface area contributed by atoms with Gasteiger partial charge in [-0.1, -0.05) is 0 Å². The molecule has 0 aromatic rings. The van der Waals surface area contributed by atoms with E-state index in [1.165, 1.54) is 12.8 Å². The summed E-state index contributed by atoms with van der Waals surface area (Å²) >= 11 is 0.